The van der Waals surface area contributed by atoms with E-state index in [0.29, 0.717) is 11.0 Å². The third-order valence-electron chi connectivity index (χ3n) is 4.47. The molecule has 0 saturated carbocycles. The predicted octanol–water partition coefficient (Wildman–Crippen LogP) is -0.644. The highest BCUT2D eigenvalue weighted by Gasteiger charge is 2.27. The zero-order valence-electron chi connectivity index (χ0n) is 15.7. The summed E-state index contributed by atoms with van der Waals surface area (Å²) in [6, 6.07) is 3.34. The lowest BCUT2D eigenvalue weighted by Crippen LogP contribution is -2.46. The van der Waals surface area contributed by atoms with Gasteiger partial charge < -0.3 is 29.9 Å². The van der Waals surface area contributed by atoms with Crippen molar-refractivity contribution in [2.75, 3.05) is 20.6 Å². The summed E-state index contributed by atoms with van der Waals surface area (Å²) >= 11 is 0. The van der Waals surface area contributed by atoms with Crippen LogP contribution < -0.4 is 5.56 Å². The minimum absolute atomic E-state index is 0.114. The molecule has 27 heavy (non-hydrogen) atoms. The van der Waals surface area contributed by atoms with Crippen molar-refractivity contribution in [1.82, 2.24) is 14.5 Å². The van der Waals surface area contributed by atoms with Gasteiger partial charge >= 0.3 is 5.97 Å². The number of benzene rings is 1. The number of nitrogens with zero attached hydrogens (tertiary/aromatic N) is 3. The Balaban J connectivity index is 2.52. The van der Waals surface area contributed by atoms with Crippen molar-refractivity contribution in [2.24, 2.45) is 0 Å². The van der Waals surface area contributed by atoms with Crippen LogP contribution in [0.15, 0.2) is 16.9 Å². The van der Waals surface area contributed by atoms with E-state index in [-0.39, 0.29) is 13.1 Å². The van der Waals surface area contributed by atoms with E-state index >= 15 is 0 Å². The van der Waals surface area contributed by atoms with E-state index in [4.69, 9.17) is 0 Å². The molecule has 2 rings (SSSR count). The van der Waals surface area contributed by atoms with Crippen molar-refractivity contribution in [2.45, 2.75) is 38.7 Å². The van der Waals surface area contributed by atoms with Gasteiger partial charge in [-0.2, -0.15) is 0 Å². The number of aromatic nitrogens is 2. The molecule has 0 radical (unpaired) electrons. The van der Waals surface area contributed by atoms with Crippen LogP contribution in [-0.2, 0) is 6.54 Å². The van der Waals surface area contributed by atoms with E-state index in [0.717, 1.165) is 15.7 Å². The van der Waals surface area contributed by atoms with Gasteiger partial charge in [0.25, 0.3) is 5.56 Å². The number of aliphatic hydroxyl groups excluding tert-OH is 3. The van der Waals surface area contributed by atoms with E-state index in [1.807, 2.05) is 13.8 Å². The number of hydrogen-bond donors (Lipinski definition) is 4. The first-order valence-electron chi connectivity index (χ1n) is 8.47. The molecular weight excluding hydrogens is 354 g/mol. The number of aromatic carboxylic acids is 1. The SMILES string of the molecule is Cc1cc2nc(C(=O)O)c(=O)n(C[C@H](O)[C@H](O)[C@H](O)CN(C)C)c2cc1C. The molecule has 2 aromatic rings. The Hall–Kier alpha value is -2.33. The molecule has 3 atom stereocenters. The lowest BCUT2D eigenvalue weighted by Gasteiger charge is -2.26. The number of aryl methyl sites for hydroxylation is 2. The molecular formula is C18H25N3O6. The Morgan fingerprint density at radius 3 is 2.30 bits per heavy atom. The Morgan fingerprint density at radius 1 is 1.15 bits per heavy atom. The summed E-state index contributed by atoms with van der Waals surface area (Å²) in [5, 5.41) is 39.8. The highest BCUT2D eigenvalue weighted by Crippen LogP contribution is 2.18. The monoisotopic (exact) mass is 379 g/mol. The lowest BCUT2D eigenvalue weighted by atomic mass is 10.1. The first-order chi connectivity index (χ1) is 12.5. The van der Waals surface area contributed by atoms with Crippen LogP contribution in [0.4, 0.5) is 0 Å². The lowest BCUT2D eigenvalue weighted by molar-refractivity contribution is -0.0704. The normalized spacial score (nSPS) is 15.1. The summed E-state index contributed by atoms with van der Waals surface area (Å²) in [4.78, 5) is 29.5. The zero-order valence-corrected chi connectivity index (χ0v) is 15.7. The molecule has 0 unspecified atom stereocenters. The minimum atomic E-state index is -1.51. The molecule has 0 aliphatic heterocycles. The molecule has 9 nitrogen and oxygen atoms in total. The van der Waals surface area contributed by atoms with Crippen molar-refractivity contribution < 1.29 is 25.2 Å². The number of carboxylic acid groups (broad SMARTS) is 1. The van der Waals surface area contributed by atoms with Crippen molar-refractivity contribution in [3.63, 3.8) is 0 Å². The van der Waals surface area contributed by atoms with Gasteiger partial charge in [0.1, 0.15) is 12.2 Å². The molecule has 0 spiro atoms. The van der Waals surface area contributed by atoms with Crippen LogP contribution in [0.2, 0.25) is 0 Å². The fourth-order valence-corrected chi connectivity index (χ4v) is 2.85. The van der Waals surface area contributed by atoms with Crippen LogP contribution in [0, 0.1) is 13.8 Å². The van der Waals surface area contributed by atoms with Gasteiger partial charge in [0, 0.05) is 6.54 Å². The topological polar surface area (TPSA) is 136 Å². The number of rotatable bonds is 7. The Kier molecular flexibility index (Phi) is 6.32. The highest BCUT2D eigenvalue weighted by atomic mass is 16.4. The molecule has 9 heteroatoms. The Morgan fingerprint density at radius 2 is 1.74 bits per heavy atom. The van der Waals surface area contributed by atoms with Crippen molar-refractivity contribution in [3.8, 4) is 0 Å². The molecule has 0 saturated heterocycles. The molecule has 148 valence electrons. The summed E-state index contributed by atoms with van der Waals surface area (Å²) in [7, 11) is 3.40. The predicted molar refractivity (Wildman–Crippen MR) is 99.0 cm³/mol. The van der Waals surface area contributed by atoms with Gasteiger partial charge in [-0.25, -0.2) is 9.78 Å². The maximum atomic E-state index is 12.6. The fourth-order valence-electron chi connectivity index (χ4n) is 2.85. The first-order valence-corrected chi connectivity index (χ1v) is 8.47. The summed E-state index contributed by atoms with van der Waals surface area (Å²) in [5.74, 6) is -1.48. The quantitative estimate of drug-likeness (QED) is 0.499. The van der Waals surface area contributed by atoms with Gasteiger partial charge in [0.2, 0.25) is 5.69 Å². The fraction of sp³-hybridized carbons (Fsp3) is 0.500. The van der Waals surface area contributed by atoms with Gasteiger partial charge in [-0.05, 0) is 51.2 Å². The molecule has 0 amide bonds. The van der Waals surface area contributed by atoms with Crippen LogP contribution in [0.1, 0.15) is 21.6 Å². The van der Waals surface area contributed by atoms with E-state index in [9.17, 15) is 30.0 Å². The van der Waals surface area contributed by atoms with Crippen molar-refractivity contribution in [1.29, 1.82) is 0 Å². The first kappa shape index (κ1) is 21.0. The number of aliphatic hydroxyl groups is 3. The molecule has 1 heterocycles. The van der Waals surface area contributed by atoms with Gasteiger partial charge in [-0.15, -0.1) is 0 Å². The third kappa shape index (κ3) is 4.51. The maximum absolute atomic E-state index is 12.6. The van der Waals surface area contributed by atoms with Gasteiger partial charge in [0.15, 0.2) is 0 Å². The molecule has 0 aliphatic carbocycles. The van der Waals surface area contributed by atoms with E-state index in [2.05, 4.69) is 4.98 Å². The van der Waals surface area contributed by atoms with Crippen molar-refractivity contribution >= 4 is 17.0 Å². The largest absolute Gasteiger partial charge is 0.476 e. The number of carboxylic acids is 1. The molecule has 0 fully saturated rings. The molecule has 4 N–H and O–H groups in total. The average Bonchev–Trinajstić information content (AvgIpc) is 2.57. The molecule has 1 aromatic carbocycles. The number of likely N-dealkylation sites (N-methyl/N-ethyl adjacent to an activating group) is 1. The smallest absolute Gasteiger partial charge is 0.360 e. The van der Waals surface area contributed by atoms with E-state index in [1.54, 1.807) is 31.1 Å². The van der Waals surface area contributed by atoms with Gasteiger partial charge in [-0.1, -0.05) is 0 Å². The summed E-state index contributed by atoms with van der Waals surface area (Å²) in [6.07, 6.45) is -4.23. The highest BCUT2D eigenvalue weighted by molar-refractivity contribution is 5.88. The summed E-state index contributed by atoms with van der Waals surface area (Å²) in [5.41, 5.74) is 0.835. The van der Waals surface area contributed by atoms with Crippen LogP contribution in [-0.4, -0.2) is 79.8 Å². The van der Waals surface area contributed by atoms with Gasteiger partial charge in [0.05, 0.1) is 23.7 Å². The van der Waals surface area contributed by atoms with Crippen LogP contribution >= 0.6 is 0 Å². The second kappa shape index (κ2) is 8.13. The van der Waals surface area contributed by atoms with Crippen LogP contribution in [0.25, 0.3) is 11.0 Å². The number of carbonyl (C=O) groups is 1. The van der Waals surface area contributed by atoms with Gasteiger partial charge in [-0.3, -0.25) is 4.79 Å². The van der Waals surface area contributed by atoms with Crippen LogP contribution in [0.3, 0.4) is 0 Å². The maximum Gasteiger partial charge on any atom is 0.360 e. The Bertz CT molecular complexity index is 908. The molecule has 0 aliphatic rings. The van der Waals surface area contributed by atoms with E-state index in [1.165, 1.54) is 0 Å². The second-order valence-corrected chi connectivity index (χ2v) is 6.99. The standard InChI is InChI=1S/C18H25N3O6/c1-9-5-11-12(6-10(9)2)21(17(25)15(19-11)18(26)27)8-14(23)16(24)13(22)7-20(3)4/h5-6,13-14,16,22-24H,7-8H2,1-4H3,(H,26,27)/t13-,14+,16-/m1/s1. The van der Waals surface area contributed by atoms with Crippen LogP contribution in [0.5, 0.6) is 0 Å². The minimum Gasteiger partial charge on any atom is -0.476 e. The zero-order chi connectivity index (χ0) is 20.5. The van der Waals surface area contributed by atoms with E-state index < -0.39 is 35.5 Å². The summed E-state index contributed by atoms with van der Waals surface area (Å²) in [6.45, 7) is 3.40. The number of hydrogen-bond acceptors (Lipinski definition) is 7. The third-order valence-corrected chi connectivity index (χ3v) is 4.47. The average molecular weight is 379 g/mol. The second-order valence-electron chi connectivity index (χ2n) is 6.99. The number of fused-ring (bicyclic) bond motifs is 1. The Labute approximate surface area is 156 Å². The van der Waals surface area contributed by atoms with Crippen molar-refractivity contribution in [3.05, 3.63) is 39.3 Å². The molecule has 0 bridgehead atoms. The summed E-state index contributed by atoms with van der Waals surface area (Å²) < 4.78 is 1.08. The molecule has 1 aromatic heterocycles.